The van der Waals surface area contributed by atoms with Crippen molar-refractivity contribution in [3.8, 4) is 0 Å². The molecule has 2 rings (SSSR count). The van der Waals surface area contributed by atoms with Crippen LogP contribution in [0.2, 0.25) is 0 Å². The predicted octanol–water partition coefficient (Wildman–Crippen LogP) is 5.61. The van der Waals surface area contributed by atoms with Crippen molar-refractivity contribution in [2.24, 2.45) is 17.8 Å². The summed E-state index contributed by atoms with van der Waals surface area (Å²) in [7, 11) is 0. The first-order valence-electron chi connectivity index (χ1n) is 10.2. The molecule has 24 heavy (non-hydrogen) atoms. The predicted molar refractivity (Wildman–Crippen MR) is 101 cm³/mol. The maximum absolute atomic E-state index is 11.0. The molecule has 2 heteroatoms. The Labute approximate surface area is 148 Å². The number of carbonyl (C=O) groups excluding carboxylic acids is 1. The third-order valence-corrected chi connectivity index (χ3v) is 5.81. The Kier molecular flexibility index (Phi) is 8.24. The summed E-state index contributed by atoms with van der Waals surface area (Å²) in [6, 6.07) is 0. The third kappa shape index (κ3) is 5.88. The first-order valence-corrected chi connectivity index (χ1v) is 10.2. The number of ketones is 1. The van der Waals surface area contributed by atoms with Crippen LogP contribution in [0.5, 0.6) is 0 Å². The lowest BCUT2D eigenvalue weighted by molar-refractivity contribution is -0.117. The first-order chi connectivity index (χ1) is 11.6. The van der Waals surface area contributed by atoms with Gasteiger partial charge in [-0.2, -0.15) is 0 Å². The van der Waals surface area contributed by atoms with Gasteiger partial charge >= 0.3 is 0 Å². The summed E-state index contributed by atoms with van der Waals surface area (Å²) in [5.41, 5.74) is 1.57. The number of aliphatic hydroxyl groups is 1. The molecule has 1 fully saturated rings. The van der Waals surface area contributed by atoms with Crippen molar-refractivity contribution in [1.29, 1.82) is 0 Å². The van der Waals surface area contributed by atoms with E-state index in [0.717, 1.165) is 44.9 Å². The van der Waals surface area contributed by atoms with E-state index in [4.69, 9.17) is 0 Å². The molecule has 0 aromatic carbocycles. The lowest BCUT2D eigenvalue weighted by Crippen LogP contribution is -2.17. The fourth-order valence-corrected chi connectivity index (χ4v) is 4.46. The number of rotatable bonds is 11. The van der Waals surface area contributed by atoms with Gasteiger partial charge in [-0.25, -0.2) is 0 Å². The first kappa shape index (κ1) is 19.4. The van der Waals surface area contributed by atoms with E-state index in [1.807, 2.05) is 0 Å². The Morgan fingerprint density at radius 2 is 2.08 bits per heavy atom. The van der Waals surface area contributed by atoms with Crippen LogP contribution in [0.3, 0.4) is 0 Å². The standard InChI is InChI=1S/C22H36O2/c1-3-4-5-6-7-8-13-20-21-15-18(12-10-9-11-17(2)23)14-19(21)16-22(20)24/h8,13-14,19-22,24H,3-7,9-12,15-16H2,1-2H3/b13-8+/t19-,20+,21-,22+/m0/s1. The van der Waals surface area contributed by atoms with E-state index in [1.54, 1.807) is 12.5 Å². The second-order valence-electron chi connectivity index (χ2n) is 7.92. The molecular weight excluding hydrogens is 296 g/mol. The minimum atomic E-state index is -0.151. The Bertz CT molecular complexity index is 449. The monoisotopic (exact) mass is 332 g/mol. The molecule has 136 valence electrons. The number of fused-ring (bicyclic) bond motifs is 1. The Morgan fingerprint density at radius 3 is 2.83 bits per heavy atom. The van der Waals surface area contributed by atoms with Crippen molar-refractivity contribution < 1.29 is 9.90 Å². The van der Waals surface area contributed by atoms with Gasteiger partial charge in [0.1, 0.15) is 5.78 Å². The quantitative estimate of drug-likeness (QED) is 0.394. The number of aliphatic hydroxyl groups excluding tert-OH is 1. The number of hydrogen-bond donors (Lipinski definition) is 1. The molecule has 0 bridgehead atoms. The normalized spacial score (nSPS) is 29.2. The van der Waals surface area contributed by atoms with Crippen LogP contribution in [0.1, 0.15) is 84.5 Å². The zero-order chi connectivity index (χ0) is 17.4. The van der Waals surface area contributed by atoms with E-state index < -0.39 is 0 Å². The Morgan fingerprint density at radius 1 is 1.25 bits per heavy atom. The highest BCUT2D eigenvalue weighted by Gasteiger charge is 2.42. The molecular formula is C22H36O2. The molecule has 0 unspecified atom stereocenters. The Balaban J connectivity index is 1.73. The number of Topliss-reactive ketones (excluding diaryl/α,β-unsaturated/α-hetero) is 1. The topological polar surface area (TPSA) is 37.3 Å². The van der Waals surface area contributed by atoms with Crippen LogP contribution in [-0.4, -0.2) is 17.0 Å². The van der Waals surface area contributed by atoms with E-state index in [-0.39, 0.29) is 6.10 Å². The molecule has 4 atom stereocenters. The molecule has 0 aliphatic heterocycles. The molecule has 0 radical (unpaired) electrons. The maximum atomic E-state index is 11.0. The third-order valence-electron chi connectivity index (χ3n) is 5.81. The SMILES string of the molecule is CCCCCC/C=C/[C@@H]1[C@H]2CC(CCCCC(C)=O)=C[C@H]2C[C@H]1O. The van der Waals surface area contributed by atoms with Gasteiger partial charge in [-0.3, -0.25) is 0 Å². The average Bonchev–Trinajstić information content (AvgIpc) is 3.04. The summed E-state index contributed by atoms with van der Waals surface area (Å²) in [4.78, 5) is 11.0. The summed E-state index contributed by atoms with van der Waals surface area (Å²) in [5, 5.41) is 10.4. The van der Waals surface area contributed by atoms with Gasteiger partial charge in [-0.15, -0.1) is 0 Å². The lowest BCUT2D eigenvalue weighted by atomic mass is 9.88. The van der Waals surface area contributed by atoms with Crippen LogP contribution in [0.25, 0.3) is 0 Å². The fraction of sp³-hybridized carbons (Fsp3) is 0.773. The van der Waals surface area contributed by atoms with Crippen molar-refractivity contribution in [1.82, 2.24) is 0 Å². The second kappa shape index (κ2) is 10.2. The zero-order valence-corrected chi connectivity index (χ0v) is 15.7. The van der Waals surface area contributed by atoms with Gasteiger partial charge in [-0.05, 0) is 63.7 Å². The minimum Gasteiger partial charge on any atom is -0.392 e. The number of unbranched alkanes of at least 4 members (excludes halogenated alkanes) is 5. The highest BCUT2D eigenvalue weighted by atomic mass is 16.3. The van der Waals surface area contributed by atoms with E-state index in [2.05, 4.69) is 25.2 Å². The highest BCUT2D eigenvalue weighted by molar-refractivity contribution is 5.75. The average molecular weight is 333 g/mol. The van der Waals surface area contributed by atoms with Crippen LogP contribution >= 0.6 is 0 Å². The molecule has 0 saturated heterocycles. The molecule has 1 saturated carbocycles. The maximum Gasteiger partial charge on any atom is 0.129 e. The number of hydrogen-bond acceptors (Lipinski definition) is 2. The van der Waals surface area contributed by atoms with Crippen molar-refractivity contribution in [2.45, 2.75) is 90.6 Å². The molecule has 2 nitrogen and oxygen atoms in total. The van der Waals surface area contributed by atoms with Gasteiger partial charge in [0.05, 0.1) is 6.10 Å². The summed E-state index contributed by atoms with van der Waals surface area (Å²) >= 11 is 0. The summed E-state index contributed by atoms with van der Waals surface area (Å²) in [6.45, 7) is 3.93. The van der Waals surface area contributed by atoms with Gasteiger partial charge in [0.15, 0.2) is 0 Å². The van der Waals surface area contributed by atoms with Gasteiger partial charge in [-0.1, -0.05) is 50.0 Å². The summed E-state index contributed by atoms with van der Waals surface area (Å²) in [5.74, 6) is 1.86. The molecule has 0 aromatic heterocycles. The van der Waals surface area contributed by atoms with Crippen LogP contribution in [-0.2, 0) is 4.79 Å². The molecule has 0 amide bonds. The van der Waals surface area contributed by atoms with Gasteiger partial charge in [0, 0.05) is 12.3 Å². The second-order valence-corrected chi connectivity index (χ2v) is 7.92. The van der Waals surface area contributed by atoms with E-state index in [9.17, 15) is 9.90 Å². The Hall–Kier alpha value is -0.890. The summed E-state index contributed by atoms with van der Waals surface area (Å²) < 4.78 is 0. The number of allylic oxidation sites excluding steroid dienone is 3. The van der Waals surface area contributed by atoms with Crippen molar-refractivity contribution in [3.63, 3.8) is 0 Å². The smallest absolute Gasteiger partial charge is 0.129 e. The zero-order valence-electron chi connectivity index (χ0n) is 15.7. The minimum absolute atomic E-state index is 0.151. The van der Waals surface area contributed by atoms with E-state index in [1.165, 1.54) is 25.7 Å². The highest BCUT2D eigenvalue weighted by Crippen LogP contribution is 2.48. The fourth-order valence-electron chi connectivity index (χ4n) is 4.46. The molecule has 2 aliphatic carbocycles. The number of carbonyl (C=O) groups is 1. The van der Waals surface area contributed by atoms with Gasteiger partial charge in [0.2, 0.25) is 0 Å². The molecule has 2 aliphatic rings. The van der Waals surface area contributed by atoms with E-state index in [0.29, 0.717) is 23.5 Å². The van der Waals surface area contributed by atoms with Crippen LogP contribution in [0.15, 0.2) is 23.8 Å². The van der Waals surface area contributed by atoms with Crippen LogP contribution in [0, 0.1) is 17.8 Å². The largest absolute Gasteiger partial charge is 0.392 e. The van der Waals surface area contributed by atoms with Crippen molar-refractivity contribution in [3.05, 3.63) is 23.8 Å². The molecule has 1 N–H and O–H groups in total. The summed E-state index contributed by atoms with van der Waals surface area (Å²) in [6.07, 6.45) is 19.4. The van der Waals surface area contributed by atoms with Gasteiger partial charge in [0.25, 0.3) is 0 Å². The van der Waals surface area contributed by atoms with Crippen LogP contribution < -0.4 is 0 Å². The van der Waals surface area contributed by atoms with Crippen molar-refractivity contribution in [2.75, 3.05) is 0 Å². The van der Waals surface area contributed by atoms with E-state index >= 15 is 0 Å². The molecule has 0 spiro atoms. The van der Waals surface area contributed by atoms with Gasteiger partial charge < -0.3 is 9.90 Å². The lowest BCUT2D eigenvalue weighted by Gasteiger charge is -2.18. The molecule has 0 heterocycles. The van der Waals surface area contributed by atoms with Crippen LogP contribution in [0.4, 0.5) is 0 Å². The molecule has 0 aromatic rings. The van der Waals surface area contributed by atoms with Crippen molar-refractivity contribution >= 4 is 5.78 Å².